The van der Waals surface area contributed by atoms with Gasteiger partial charge in [0.15, 0.2) is 0 Å². The van der Waals surface area contributed by atoms with Crippen LogP contribution in [0.3, 0.4) is 0 Å². The van der Waals surface area contributed by atoms with Gasteiger partial charge in [0.2, 0.25) is 0 Å². The van der Waals surface area contributed by atoms with Crippen molar-refractivity contribution in [1.82, 2.24) is 10.2 Å². The van der Waals surface area contributed by atoms with Crippen LogP contribution in [-0.4, -0.2) is 48.5 Å². The molecule has 1 fully saturated rings. The first-order chi connectivity index (χ1) is 10.2. The number of alkyl halides is 1. The molecule has 1 aliphatic heterocycles. The number of nitrogens with zero attached hydrogens (tertiary/aromatic N) is 1. The molecule has 0 radical (unpaired) electrons. The second-order valence-electron chi connectivity index (χ2n) is 5.43. The number of hydrogen-bond donors (Lipinski definition) is 1. The smallest absolute Gasteiger partial charge is 0.320 e. The van der Waals surface area contributed by atoms with Crippen LogP contribution in [0.5, 0.6) is 0 Å². The first-order valence-corrected chi connectivity index (χ1v) is 8.32. The fraction of sp³-hybridized carbons (Fsp3) is 0.562. The molecule has 2 rings (SSSR count). The third-order valence-corrected chi connectivity index (χ3v) is 4.58. The van der Waals surface area contributed by atoms with Gasteiger partial charge in [0.05, 0.1) is 7.11 Å². The number of rotatable bonds is 6. The minimum atomic E-state index is -0.259. The highest BCUT2D eigenvalue weighted by Gasteiger charge is 2.21. The van der Waals surface area contributed by atoms with Crippen LogP contribution in [0.4, 0.5) is 0 Å². The standard InChI is InChI=1S/C16H23BrN2O2/c1-21-16(20)15(17)11-18-14-7-9-19(10-8-14)12-13-5-3-2-4-6-13/h2-6,14-15,18H,7-12H2,1H3. The Hall–Kier alpha value is -0.910. The van der Waals surface area contributed by atoms with Gasteiger partial charge in [-0.05, 0) is 31.5 Å². The highest BCUT2D eigenvalue weighted by atomic mass is 79.9. The van der Waals surface area contributed by atoms with Gasteiger partial charge in [-0.3, -0.25) is 9.69 Å². The summed E-state index contributed by atoms with van der Waals surface area (Å²) in [6.45, 7) is 3.84. The molecule has 1 saturated heterocycles. The minimum absolute atomic E-state index is 0.219. The van der Waals surface area contributed by atoms with E-state index in [0.717, 1.165) is 32.5 Å². The fourth-order valence-corrected chi connectivity index (χ4v) is 2.99. The third kappa shape index (κ3) is 5.41. The van der Waals surface area contributed by atoms with Crippen molar-refractivity contribution in [3.63, 3.8) is 0 Å². The molecule has 1 atom stereocenters. The maximum Gasteiger partial charge on any atom is 0.320 e. The van der Waals surface area contributed by atoms with Crippen LogP contribution in [-0.2, 0) is 16.1 Å². The molecule has 0 saturated carbocycles. The predicted octanol–water partition coefficient (Wildman–Crippen LogP) is 2.18. The molecule has 0 spiro atoms. The number of benzene rings is 1. The number of carbonyl (C=O) groups excluding carboxylic acids is 1. The molecule has 5 heteroatoms. The van der Waals surface area contributed by atoms with Crippen LogP contribution >= 0.6 is 15.9 Å². The highest BCUT2D eigenvalue weighted by Crippen LogP contribution is 2.14. The van der Waals surface area contributed by atoms with Gasteiger partial charge in [0.1, 0.15) is 4.83 Å². The van der Waals surface area contributed by atoms with Gasteiger partial charge in [-0.15, -0.1) is 0 Å². The number of piperidine rings is 1. The van der Waals surface area contributed by atoms with Gasteiger partial charge in [-0.25, -0.2) is 0 Å². The number of nitrogens with one attached hydrogen (secondary N) is 1. The second-order valence-corrected chi connectivity index (χ2v) is 6.54. The third-order valence-electron chi connectivity index (χ3n) is 3.88. The summed E-state index contributed by atoms with van der Waals surface area (Å²) in [5.74, 6) is -0.219. The lowest BCUT2D eigenvalue weighted by atomic mass is 10.0. The van der Waals surface area contributed by atoms with Crippen molar-refractivity contribution in [3.8, 4) is 0 Å². The van der Waals surface area contributed by atoms with E-state index in [9.17, 15) is 4.79 Å². The van der Waals surface area contributed by atoms with Crippen molar-refractivity contribution in [2.45, 2.75) is 30.3 Å². The molecule has 0 aromatic heterocycles. The molecule has 1 unspecified atom stereocenters. The van der Waals surface area contributed by atoms with E-state index in [2.05, 4.69) is 56.5 Å². The molecular formula is C16H23BrN2O2. The quantitative estimate of drug-likeness (QED) is 0.627. The Bertz CT molecular complexity index is 433. The molecule has 0 amide bonds. The van der Waals surface area contributed by atoms with Crippen LogP contribution in [0, 0.1) is 0 Å². The van der Waals surface area contributed by atoms with Crippen molar-refractivity contribution in [1.29, 1.82) is 0 Å². The van der Waals surface area contributed by atoms with Crippen molar-refractivity contribution < 1.29 is 9.53 Å². The van der Waals surface area contributed by atoms with E-state index in [1.54, 1.807) is 0 Å². The lowest BCUT2D eigenvalue weighted by molar-refractivity contribution is -0.139. The molecule has 0 aliphatic carbocycles. The lowest BCUT2D eigenvalue weighted by Gasteiger charge is -2.32. The maximum atomic E-state index is 11.3. The number of carbonyl (C=O) groups is 1. The summed E-state index contributed by atoms with van der Waals surface area (Å²) in [4.78, 5) is 13.5. The van der Waals surface area contributed by atoms with Gasteiger partial charge < -0.3 is 10.1 Å². The Balaban J connectivity index is 1.67. The summed E-state index contributed by atoms with van der Waals surface area (Å²) in [7, 11) is 1.42. The number of likely N-dealkylation sites (tertiary alicyclic amines) is 1. The lowest BCUT2D eigenvalue weighted by Crippen LogP contribution is -2.44. The SMILES string of the molecule is COC(=O)C(Br)CNC1CCN(Cc2ccccc2)CC1. The topological polar surface area (TPSA) is 41.6 Å². The predicted molar refractivity (Wildman–Crippen MR) is 87.5 cm³/mol. The van der Waals surface area contributed by atoms with E-state index in [1.165, 1.54) is 12.7 Å². The van der Waals surface area contributed by atoms with E-state index in [0.29, 0.717) is 12.6 Å². The molecule has 4 nitrogen and oxygen atoms in total. The monoisotopic (exact) mass is 354 g/mol. The zero-order chi connectivity index (χ0) is 15.1. The van der Waals surface area contributed by atoms with Crippen molar-refractivity contribution >= 4 is 21.9 Å². The van der Waals surface area contributed by atoms with Crippen LogP contribution in [0.25, 0.3) is 0 Å². The molecule has 1 aliphatic rings. The Morgan fingerprint density at radius 3 is 2.67 bits per heavy atom. The number of halogens is 1. The number of ether oxygens (including phenoxy) is 1. The minimum Gasteiger partial charge on any atom is -0.468 e. The Morgan fingerprint density at radius 1 is 1.38 bits per heavy atom. The van der Waals surface area contributed by atoms with Gasteiger partial charge >= 0.3 is 5.97 Å². The zero-order valence-electron chi connectivity index (χ0n) is 12.4. The number of methoxy groups -OCH3 is 1. The van der Waals surface area contributed by atoms with E-state index in [4.69, 9.17) is 4.74 Å². The van der Waals surface area contributed by atoms with Crippen molar-refractivity contribution in [3.05, 3.63) is 35.9 Å². The Labute approximate surface area is 135 Å². The molecule has 1 aromatic carbocycles. The van der Waals surface area contributed by atoms with E-state index < -0.39 is 0 Å². The molecule has 0 bridgehead atoms. The molecule has 1 N–H and O–H groups in total. The normalized spacial score (nSPS) is 18.4. The molecule has 116 valence electrons. The van der Waals surface area contributed by atoms with Crippen LogP contribution in [0.1, 0.15) is 18.4 Å². The molecule has 1 heterocycles. The largest absolute Gasteiger partial charge is 0.468 e. The summed E-state index contributed by atoms with van der Waals surface area (Å²) in [6, 6.07) is 11.1. The van der Waals surface area contributed by atoms with Crippen LogP contribution in [0.15, 0.2) is 30.3 Å². The first kappa shape index (κ1) is 16.5. The zero-order valence-corrected chi connectivity index (χ0v) is 14.0. The van der Waals surface area contributed by atoms with Gasteiger partial charge in [0, 0.05) is 19.1 Å². The second kappa shape index (κ2) is 8.51. The first-order valence-electron chi connectivity index (χ1n) is 7.40. The van der Waals surface area contributed by atoms with Gasteiger partial charge in [-0.2, -0.15) is 0 Å². The molecule has 21 heavy (non-hydrogen) atoms. The number of hydrogen-bond acceptors (Lipinski definition) is 4. The average Bonchev–Trinajstić information content (AvgIpc) is 2.54. The summed E-state index contributed by atoms with van der Waals surface area (Å²) in [5, 5.41) is 3.45. The van der Waals surface area contributed by atoms with Crippen molar-refractivity contribution in [2.24, 2.45) is 0 Å². The number of esters is 1. The molecule has 1 aromatic rings. The summed E-state index contributed by atoms with van der Waals surface area (Å²) in [5.41, 5.74) is 1.37. The average molecular weight is 355 g/mol. The van der Waals surface area contributed by atoms with Crippen LogP contribution in [0.2, 0.25) is 0 Å². The van der Waals surface area contributed by atoms with Crippen molar-refractivity contribution in [2.75, 3.05) is 26.7 Å². The summed E-state index contributed by atoms with van der Waals surface area (Å²) < 4.78 is 4.70. The summed E-state index contributed by atoms with van der Waals surface area (Å²) >= 11 is 3.34. The maximum absolute atomic E-state index is 11.3. The summed E-state index contributed by atoms with van der Waals surface area (Å²) in [6.07, 6.45) is 2.24. The van der Waals surface area contributed by atoms with Gasteiger partial charge in [0.25, 0.3) is 0 Å². The van der Waals surface area contributed by atoms with E-state index in [-0.39, 0.29) is 10.8 Å². The highest BCUT2D eigenvalue weighted by molar-refractivity contribution is 9.10. The van der Waals surface area contributed by atoms with E-state index in [1.807, 2.05) is 0 Å². The van der Waals surface area contributed by atoms with Crippen LogP contribution < -0.4 is 5.32 Å². The Morgan fingerprint density at radius 2 is 2.05 bits per heavy atom. The Kier molecular flexibility index (Phi) is 6.67. The van der Waals surface area contributed by atoms with Gasteiger partial charge in [-0.1, -0.05) is 46.3 Å². The molecular weight excluding hydrogens is 332 g/mol. The fourth-order valence-electron chi connectivity index (χ4n) is 2.62. The van der Waals surface area contributed by atoms with E-state index >= 15 is 0 Å².